The van der Waals surface area contributed by atoms with Crippen molar-refractivity contribution < 1.29 is 4.79 Å². The second kappa shape index (κ2) is 8.12. The van der Waals surface area contributed by atoms with E-state index in [-0.39, 0.29) is 3.83 Å². The molecule has 0 aliphatic heterocycles. The fraction of sp³-hybridized carbons (Fsp3) is 0.125. The van der Waals surface area contributed by atoms with E-state index in [1.165, 1.54) is 5.56 Å². The van der Waals surface area contributed by atoms with Crippen molar-refractivity contribution >= 4 is 36.5 Å². The van der Waals surface area contributed by atoms with Crippen molar-refractivity contribution in [2.45, 2.75) is 5.75 Å². The first-order chi connectivity index (χ1) is 9.79. The van der Waals surface area contributed by atoms with Crippen molar-refractivity contribution in [1.29, 1.82) is 5.26 Å². The van der Waals surface area contributed by atoms with Crippen molar-refractivity contribution in [2.24, 2.45) is 0 Å². The zero-order chi connectivity index (χ0) is 14.2. The van der Waals surface area contributed by atoms with Gasteiger partial charge in [0.25, 0.3) is 0 Å². The number of carbonyl (C=O) groups excluding carboxylic acids is 1. The number of hydrogen-bond acceptors (Lipinski definition) is 3. The van der Waals surface area contributed by atoms with Crippen LogP contribution in [-0.4, -0.2) is 28.6 Å². The summed E-state index contributed by atoms with van der Waals surface area (Å²) in [6.07, 6.45) is 0. The molecule has 0 unspecified atom stereocenters. The minimum atomic E-state index is -0.674. The predicted octanol–water partition coefficient (Wildman–Crippen LogP) is 3.29. The van der Waals surface area contributed by atoms with Crippen molar-refractivity contribution in [3.63, 3.8) is 0 Å². The molecule has 100 valence electrons. The van der Waals surface area contributed by atoms with Gasteiger partial charge in [0.05, 0.1) is 0 Å². The zero-order valence-corrected chi connectivity index (χ0v) is 13.9. The monoisotopic (exact) mass is 397 g/mol. The molecule has 2 rings (SSSR count). The third-order valence-electron chi connectivity index (χ3n) is 2.63. The van der Waals surface area contributed by atoms with Crippen LogP contribution in [0.5, 0.6) is 0 Å². The van der Waals surface area contributed by atoms with Crippen LogP contribution in [-0.2, 0) is 5.75 Å². The van der Waals surface area contributed by atoms with Crippen LogP contribution in [0.3, 0.4) is 0 Å². The van der Waals surface area contributed by atoms with E-state index in [1.54, 1.807) is 24.3 Å². The zero-order valence-electron chi connectivity index (χ0n) is 10.8. The van der Waals surface area contributed by atoms with Gasteiger partial charge in [-0.2, -0.15) is 0 Å². The van der Waals surface area contributed by atoms with Gasteiger partial charge in [-0.25, -0.2) is 0 Å². The maximum absolute atomic E-state index is 12.0. The van der Waals surface area contributed by atoms with E-state index in [9.17, 15) is 4.79 Å². The van der Waals surface area contributed by atoms with Gasteiger partial charge in [0, 0.05) is 0 Å². The van der Waals surface area contributed by atoms with Gasteiger partial charge in [-0.15, -0.1) is 0 Å². The molecule has 2 aromatic carbocycles. The van der Waals surface area contributed by atoms with Gasteiger partial charge in [0.2, 0.25) is 0 Å². The summed E-state index contributed by atoms with van der Waals surface area (Å²) < 4.78 is 1.21. The number of hydrogen-bond donors (Lipinski definition) is 0. The van der Waals surface area contributed by atoms with Gasteiger partial charge in [-0.05, 0) is 0 Å². The van der Waals surface area contributed by atoms with Crippen LogP contribution >= 0.6 is 11.8 Å². The molecule has 4 heteroatoms. The van der Waals surface area contributed by atoms with Crippen LogP contribution in [0.4, 0.5) is 0 Å². The molecule has 0 bridgehead atoms. The molecule has 0 aliphatic rings. The van der Waals surface area contributed by atoms with Gasteiger partial charge in [-0.3, -0.25) is 0 Å². The molecule has 0 aromatic heterocycles. The van der Waals surface area contributed by atoms with Gasteiger partial charge < -0.3 is 0 Å². The Labute approximate surface area is 133 Å². The van der Waals surface area contributed by atoms with Crippen LogP contribution in [0.1, 0.15) is 21.5 Å². The first-order valence-corrected chi connectivity index (χ1v) is 10.1. The number of carbonyl (C=O) groups is 1. The summed E-state index contributed by atoms with van der Waals surface area (Å²) in [4.78, 5) is 12.0. The van der Waals surface area contributed by atoms with Crippen molar-refractivity contribution in [3.05, 3.63) is 71.3 Å². The summed E-state index contributed by atoms with van der Waals surface area (Å²) in [5.41, 5.74) is 2.64. The van der Waals surface area contributed by atoms with Crippen molar-refractivity contribution in [1.82, 2.24) is 0 Å². The molecule has 0 aliphatic carbocycles. The van der Waals surface area contributed by atoms with Crippen LogP contribution < -0.4 is 0 Å². The van der Waals surface area contributed by atoms with E-state index >= 15 is 0 Å². The van der Waals surface area contributed by atoms with E-state index in [2.05, 4.69) is 18.2 Å². The molecule has 0 spiro atoms. The van der Waals surface area contributed by atoms with Crippen LogP contribution in [0.2, 0.25) is 0 Å². The van der Waals surface area contributed by atoms with E-state index in [0.29, 0.717) is 5.56 Å². The van der Waals surface area contributed by atoms with Crippen molar-refractivity contribution in [2.75, 3.05) is 3.80 Å². The third kappa shape index (κ3) is 4.69. The Morgan fingerprint density at radius 2 is 1.80 bits per heavy atom. The van der Waals surface area contributed by atoms with Crippen LogP contribution in [0.25, 0.3) is 0 Å². The number of nitriles is 1. The quantitative estimate of drug-likeness (QED) is 0.557. The molecule has 0 saturated carbocycles. The molecule has 0 N–H and O–H groups in total. The van der Waals surface area contributed by atoms with Crippen molar-refractivity contribution in [3.8, 4) is 6.07 Å². The summed E-state index contributed by atoms with van der Waals surface area (Å²) in [6, 6.07) is 19.3. The molecule has 0 radical (unpaired) electrons. The first kappa shape index (κ1) is 15.1. The van der Waals surface area contributed by atoms with E-state index in [4.69, 9.17) is 5.26 Å². The number of benzene rings is 2. The summed E-state index contributed by atoms with van der Waals surface area (Å²) >= 11 is 1.15. The summed E-state index contributed by atoms with van der Waals surface area (Å²) in [6.45, 7) is 0. The second-order valence-corrected chi connectivity index (χ2v) is 8.91. The van der Waals surface area contributed by atoms with E-state index in [0.717, 1.165) is 15.1 Å². The normalized spacial score (nSPS) is 9.95. The topological polar surface area (TPSA) is 40.9 Å². The Bertz CT molecular complexity index is 605. The molecule has 20 heavy (non-hydrogen) atoms. The van der Waals surface area contributed by atoms with Gasteiger partial charge in [0.1, 0.15) is 0 Å². The van der Waals surface area contributed by atoms with E-state index < -0.39 is 20.9 Å². The number of nitrogens with zero attached hydrogens (tertiary/aromatic N) is 1. The number of thioether (sulfide) groups is 1. The minimum absolute atomic E-state index is 0.264. The standard InChI is InChI=1S/C16H13NOSTe/c17-10-13-6-8-15(9-7-13)16(18)20-12-19-11-14-4-2-1-3-5-14/h1-9H,11-12H2. The Morgan fingerprint density at radius 1 is 1.10 bits per heavy atom. The molecule has 0 atom stereocenters. The summed E-state index contributed by atoms with van der Waals surface area (Å²) in [5, 5.41) is 8.72. The summed E-state index contributed by atoms with van der Waals surface area (Å²) in [7, 11) is 0. The fourth-order valence-electron chi connectivity index (χ4n) is 1.59. The fourth-order valence-corrected chi connectivity index (χ4v) is 5.50. The van der Waals surface area contributed by atoms with Crippen LogP contribution in [0, 0.1) is 11.3 Å². The molecule has 0 saturated heterocycles. The predicted molar refractivity (Wildman–Crippen MR) is 83.8 cm³/mol. The van der Waals surface area contributed by atoms with Crippen LogP contribution in [0.15, 0.2) is 54.6 Å². The molecule has 0 amide bonds. The summed E-state index contributed by atoms with van der Waals surface area (Å²) in [5.74, 6) is 0.965. The maximum atomic E-state index is 12.0. The molecule has 0 fully saturated rings. The number of rotatable bonds is 6. The molecule has 0 heterocycles. The Balaban J connectivity index is 1.76. The van der Waals surface area contributed by atoms with E-state index in [1.807, 2.05) is 30.0 Å². The first-order valence-electron chi connectivity index (χ1n) is 6.08. The average molecular weight is 395 g/mol. The Hall–Kier alpha value is -1.26. The van der Waals surface area contributed by atoms with Gasteiger partial charge in [0.15, 0.2) is 0 Å². The Morgan fingerprint density at radius 3 is 2.45 bits per heavy atom. The SMILES string of the molecule is N#Cc1ccc(C(=O)[Te]CSCc2ccccc2)cc1. The molecule has 2 nitrogen and oxygen atoms in total. The van der Waals surface area contributed by atoms with Gasteiger partial charge >= 0.3 is 133 Å². The molecule has 2 aromatic rings. The average Bonchev–Trinajstić information content (AvgIpc) is 2.52. The Kier molecular flexibility index (Phi) is 6.15. The second-order valence-electron chi connectivity index (χ2n) is 4.07. The molecular formula is C16H13NOSTe. The third-order valence-corrected chi connectivity index (χ3v) is 7.31. The molecular weight excluding hydrogens is 382 g/mol. The van der Waals surface area contributed by atoms with Gasteiger partial charge in [-0.1, -0.05) is 0 Å².